The summed E-state index contributed by atoms with van der Waals surface area (Å²) >= 11 is 0. The molecule has 2 aliphatic carbocycles. The van der Waals surface area contributed by atoms with E-state index in [4.69, 9.17) is 15.2 Å². The van der Waals surface area contributed by atoms with Gasteiger partial charge in [0, 0.05) is 31.0 Å². The normalized spacial score (nSPS) is 44.9. The van der Waals surface area contributed by atoms with E-state index < -0.39 is 0 Å². The van der Waals surface area contributed by atoms with Gasteiger partial charge >= 0.3 is 0 Å². The van der Waals surface area contributed by atoms with Crippen molar-refractivity contribution in [2.24, 2.45) is 11.7 Å². The SMILES string of the molecule is NC1CCC2(CC1N1CCCC3CCCC31)OCCO2. The van der Waals surface area contributed by atoms with E-state index in [1.54, 1.807) is 0 Å². The van der Waals surface area contributed by atoms with E-state index in [1.165, 1.54) is 38.6 Å². The molecule has 4 fully saturated rings. The van der Waals surface area contributed by atoms with Gasteiger partial charge in [-0.15, -0.1) is 0 Å². The van der Waals surface area contributed by atoms with Crippen molar-refractivity contribution in [2.45, 2.75) is 75.3 Å². The quantitative estimate of drug-likeness (QED) is 0.796. The number of piperidine rings is 1. The second-order valence-electron chi connectivity index (χ2n) is 7.22. The summed E-state index contributed by atoms with van der Waals surface area (Å²) in [5.74, 6) is 0.630. The molecule has 0 amide bonds. The van der Waals surface area contributed by atoms with Crippen LogP contribution in [0.15, 0.2) is 0 Å². The third-order valence-electron chi connectivity index (χ3n) is 6.15. The molecule has 2 heterocycles. The minimum atomic E-state index is -0.300. The minimum absolute atomic E-state index is 0.299. The van der Waals surface area contributed by atoms with Crippen molar-refractivity contribution in [3.63, 3.8) is 0 Å². The molecule has 0 aromatic carbocycles. The second kappa shape index (κ2) is 5.24. The summed E-state index contributed by atoms with van der Waals surface area (Å²) < 4.78 is 11.9. The Kier molecular flexibility index (Phi) is 3.53. The number of rotatable bonds is 1. The molecule has 2 N–H and O–H groups in total. The van der Waals surface area contributed by atoms with Gasteiger partial charge in [0.25, 0.3) is 0 Å². The fraction of sp³-hybridized carbons (Fsp3) is 1.00. The maximum absolute atomic E-state index is 6.49. The lowest BCUT2D eigenvalue weighted by Crippen LogP contribution is -2.60. The average molecular weight is 280 g/mol. The van der Waals surface area contributed by atoms with Crippen LogP contribution < -0.4 is 5.73 Å². The Morgan fingerprint density at radius 2 is 1.75 bits per heavy atom. The van der Waals surface area contributed by atoms with E-state index in [1.807, 2.05) is 0 Å². The van der Waals surface area contributed by atoms with E-state index in [9.17, 15) is 0 Å². The maximum Gasteiger partial charge on any atom is 0.170 e. The predicted molar refractivity (Wildman–Crippen MR) is 77.3 cm³/mol. The van der Waals surface area contributed by atoms with E-state index in [-0.39, 0.29) is 5.79 Å². The van der Waals surface area contributed by atoms with Gasteiger partial charge in [-0.25, -0.2) is 0 Å². The predicted octanol–water partition coefficient (Wildman–Crippen LogP) is 1.87. The summed E-state index contributed by atoms with van der Waals surface area (Å²) in [7, 11) is 0. The van der Waals surface area contributed by atoms with Gasteiger partial charge in [-0.2, -0.15) is 0 Å². The topological polar surface area (TPSA) is 47.7 Å². The van der Waals surface area contributed by atoms with Gasteiger partial charge in [-0.05, 0) is 44.6 Å². The Bertz CT molecular complexity index is 356. The van der Waals surface area contributed by atoms with E-state index >= 15 is 0 Å². The molecule has 4 unspecified atom stereocenters. The summed E-state index contributed by atoms with van der Waals surface area (Å²) in [5.41, 5.74) is 6.49. The lowest BCUT2D eigenvalue weighted by atomic mass is 9.81. The zero-order valence-electron chi connectivity index (χ0n) is 12.4. The zero-order chi connectivity index (χ0) is 13.6. The smallest absolute Gasteiger partial charge is 0.170 e. The van der Waals surface area contributed by atoms with Crippen molar-refractivity contribution in [1.29, 1.82) is 0 Å². The molecular formula is C16H28N2O2. The second-order valence-corrected chi connectivity index (χ2v) is 7.22. The summed E-state index contributed by atoms with van der Waals surface area (Å²) in [5, 5.41) is 0. The minimum Gasteiger partial charge on any atom is -0.347 e. The van der Waals surface area contributed by atoms with Crippen molar-refractivity contribution >= 4 is 0 Å². The van der Waals surface area contributed by atoms with Crippen LogP contribution in [-0.2, 0) is 9.47 Å². The molecule has 0 radical (unpaired) electrons. The summed E-state index contributed by atoms with van der Waals surface area (Å²) in [6.45, 7) is 2.75. The zero-order valence-corrected chi connectivity index (χ0v) is 12.4. The van der Waals surface area contributed by atoms with Gasteiger partial charge in [0.15, 0.2) is 5.79 Å². The van der Waals surface area contributed by atoms with Crippen molar-refractivity contribution < 1.29 is 9.47 Å². The molecule has 4 aliphatic rings. The number of fused-ring (bicyclic) bond motifs is 1. The maximum atomic E-state index is 6.49. The van der Waals surface area contributed by atoms with Crippen LogP contribution in [0.5, 0.6) is 0 Å². The number of ether oxygens (including phenoxy) is 2. The first kappa shape index (κ1) is 13.5. The van der Waals surface area contributed by atoms with Gasteiger partial charge in [0.2, 0.25) is 0 Å². The van der Waals surface area contributed by atoms with Crippen LogP contribution >= 0.6 is 0 Å². The van der Waals surface area contributed by atoms with Crippen molar-refractivity contribution in [1.82, 2.24) is 4.90 Å². The van der Waals surface area contributed by atoms with Crippen LogP contribution in [0.25, 0.3) is 0 Å². The molecule has 20 heavy (non-hydrogen) atoms. The first-order valence-corrected chi connectivity index (χ1v) is 8.57. The fourth-order valence-corrected chi connectivity index (χ4v) is 5.18. The summed E-state index contributed by atoms with van der Waals surface area (Å²) in [6.07, 6.45) is 10.00. The molecule has 1 spiro atoms. The highest BCUT2D eigenvalue weighted by Crippen LogP contribution is 2.43. The third-order valence-corrected chi connectivity index (χ3v) is 6.15. The van der Waals surface area contributed by atoms with E-state index in [0.29, 0.717) is 12.1 Å². The Hall–Kier alpha value is -0.160. The molecule has 4 rings (SSSR count). The Labute approximate surface area is 122 Å². The van der Waals surface area contributed by atoms with E-state index in [2.05, 4.69) is 4.90 Å². The van der Waals surface area contributed by atoms with Crippen LogP contribution in [0.3, 0.4) is 0 Å². The first-order valence-electron chi connectivity index (χ1n) is 8.57. The van der Waals surface area contributed by atoms with Crippen molar-refractivity contribution in [3.05, 3.63) is 0 Å². The Morgan fingerprint density at radius 3 is 2.60 bits per heavy atom. The largest absolute Gasteiger partial charge is 0.347 e. The molecule has 0 aromatic rings. The van der Waals surface area contributed by atoms with Crippen molar-refractivity contribution in [2.75, 3.05) is 19.8 Å². The molecule has 0 bridgehead atoms. The summed E-state index contributed by atoms with van der Waals surface area (Å²) in [4.78, 5) is 2.75. The number of hydrogen-bond acceptors (Lipinski definition) is 4. The standard InChI is InChI=1S/C16H28N2O2/c17-13-6-7-16(19-9-10-20-16)11-15(13)18-8-2-4-12-3-1-5-14(12)18/h12-15H,1-11,17H2. The highest BCUT2D eigenvalue weighted by molar-refractivity contribution is 5.00. The Morgan fingerprint density at radius 1 is 0.950 bits per heavy atom. The van der Waals surface area contributed by atoms with E-state index in [0.717, 1.165) is 44.4 Å². The first-order chi connectivity index (χ1) is 9.77. The molecule has 114 valence electrons. The molecule has 2 saturated carbocycles. The molecular weight excluding hydrogens is 252 g/mol. The van der Waals surface area contributed by atoms with Gasteiger partial charge in [-0.3, -0.25) is 4.90 Å². The van der Waals surface area contributed by atoms with Crippen LogP contribution in [0, 0.1) is 5.92 Å². The number of hydrogen-bond donors (Lipinski definition) is 1. The third kappa shape index (κ3) is 2.21. The molecule has 2 aliphatic heterocycles. The van der Waals surface area contributed by atoms with Gasteiger partial charge in [-0.1, -0.05) is 6.42 Å². The lowest BCUT2D eigenvalue weighted by Gasteiger charge is -2.49. The van der Waals surface area contributed by atoms with Crippen molar-refractivity contribution in [3.8, 4) is 0 Å². The van der Waals surface area contributed by atoms with Gasteiger partial charge in [0.1, 0.15) is 0 Å². The van der Waals surface area contributed by atoms with Crippen LogP contribution in [0.4, 0.5) is 0 Å². The van der Waals surface area contributed by atoms with Crippen LogP contribution in [-0.4, -0.2) is 48.6 Å². The molecule has 2 saturated heterocycles. The van der Waals surface area contributed by atoms with Gasteiger partial charge in [0.05, 0.1) is 13.2 Å². The number of nitrogens with zero attached hydrogens (tertiary/aromatic N) is 1. The number of likely N-dealkylation sites (tertiary alicyclic amines) is 1. The van der Waals surface area contributed by atoms with Crippen LogP contribution in [0.2, 0.25) is 0 Å². The lowest BCUT2D eigenvalue weighted by molar-refractivity contribution is -0.195. The molecule has 4 nitrogen and oxygen atoms in total. The molecule has 4 heteroatoms. The molecule has 0 aromatic heterocycles. The highest BCUT2D eigenvalue weighted by atomic mass is 16.7. The fourth-order valence-electron chi connectivity index (χ4n) is 5.18. The monoisotopic (exact) mass is 280 g/mol. The van der Waals surface area contributed by atoms with Gasteiger partial charge < -0.3 is 15.2 Å². The van der Waals surface area contributed by atoms with Crippen LogP contribution in [0.1, 0.15) is 51.4 Å². The number of nitrogens with two attached hydrogens (primary N) is 1. The summed E-state index contributed by atoms with van der Waals surface area (Å²) in [6, 6.07) is 1.55. The molecule has 4 atom stereocenters. The highest BCUT2D eigenvalue weighted by Gasteiger charge is 2.48. The average Bonchev–Trinajstić information content (AvgIpc) is 3.11. The Balaban J connectivity index is 1.53.